The summed E-state index contributed by atoms with van der Waals surface area (Å²) in [4.78, 5) is 17.8. The molecule has 20 heavy (non-hydrogen) atoms. The first-order chi connectivity index (χ1) is 9.72. The molecule has 1 heterocycles. The summed E-state index contributed by atoms with van der Waals surface area (Å²) in [6, 6.07) is 14.8. The Labute approximate surface area is 117 Å². The van der Waals surface area contributed by atoms with Crippen LogP contribution in [0.15, 0.2) is 48.7 Å². The number of nitrogen functional groups attached to an aromatic ring is 1. The SMILES string of the molecule is N#CCN(Cc1ccccc1)C(=O)c1ncccc1N. The van der Waals surface area contributed by atoms with Crippen molar-refractivity contribution >= 4 is 11.6 Å². The quantitative estimate of drug-likeness (QED) is 0.856. The smallest absolute Gasteiger partial charge is 0.275 e. The summed E-state index contributed by atoms with van der Waals surface area (Å²) < 4.78 is 0. The van der Waals surface area contributed by atoms with Gasteiger partial charge >= 0.3 is 0 Å². The Morgan fingerprint density at radius 1 is 1.25 bits per heavy atom. The highest BCUT2D eigenvalue weighted by Gasteiger charge is 2.19. The van der Waals surface area contributed by atoms with Crippen LogP contribution >= 0.6 is 0 Å². The van der Waals surface area contributed by atoms with Crippen LogP contribution in [-0.2, 0) is 6.54 Å². The highest BCUT2D eigenvalue weighted by atomic mass is 16.2. The minimum Gasteiger partial charge on any atom is -0.397 e. The third-order valence-corrected chi connectivity index (χ3v) is 2.81. The van der Waals surface area contributed by atoms with E-state index < -0.39 is 0 Å². The van der Waals surface area contributed by atoms with E-state index in [1.165, 1.54) is 11.1 Å². The second-order valence-corrected chi connectivity index (χ2v) is 4.25. The molecule has 0 aliphatic carbocycles. The third-order valence-electron chi connectivity index (χ3n) is 2.81. The summed E-state index contributed by atoms with van der Waals surface area (Å²) in [5.74, 6) is -0.339. The molecule has 5 nitrogen and oxygen atoms in total. The van der Waals surface area contributed by atoms with Gasteiger partial charge in [0.15, 0.2) is 5.69 Å². The van der Waals surface area contributed by atoms with E-state index in [2.05, 4.69) is 4.98 Å². The fourth-order valence-electron chi connectivity index (χ4n) is 1.83. The van der Waals surface area contributed by atoms with E-state index in [9.17, 15) is 4.79 Å². The van der Waals surface area contributed by atoms with Crippen LogP contribution in [0, 0.1) is 11.3 Å². The zero-order chi connectivity index (χ0) is 14.4. The Morgan fingerprint density at radius 3 is 2.65 bits per heavy atom. The van der Waals surface area contributed by atoms with Crippen LogP contribution in [0.3, 0.4) is 0 Å². The third kappa shape index (κ3) is 3.12. The van der Waals surface area contributed by atoms with Gasteiger partial charge in [0.1, 0.15) is 6.54 Å². The van der Waals surface area contributed by atoms with Crippen molar-refractivity contribution in [2.24, 2.45) is 0 Å². The number of hydrogen-bond donors (Lipinski definition) is 1. The normalized spacial score (nSPS) is 9.75. The molecule has 0 spiro atoms. The van der Waals surface area contributed by atoms with Gasteiger partial charge in [-0.05, 0) is 17.7 Å². The summed E-state index contributed by atoms with van der Waals surface area (Å²) >= 11 is 0. The molecule has 1 aromatic carbocycles. The van der Waals surface area contributed by atoms with Crippen LogP contribution < -0.4 is 5.73 Å². The molecule has 0 saturated carbocycles. The van der Waals surface area contributed by atoms with Crippen LogP contribution in [0.4, 0.5) is 5.69 Å². The number of hydrogen-bond acceptors (Lipinski definition) is 4. The zero-order valence-corrected chi connectivity index (χ0v) is 10.9. The van der Waals surface area contributed by atoms with E-state index in [0.717, 1.165) is 5.56 Å². The maximum atomic E-state index is 12.4. The predicted octanol–water partition coefficient (Wildman–Crippen LogP) is 1.83. The Kier molecular flexibility index (Phi) is 4.30. The first-order valence-electron chi connectivity index (χ1n) is 6.13. The number of pyridine rings is 1. The zero-order valence-electron chi connectivity index (χ0n) is 10.9. The number of amides is 1. The molecule has 1 aromatic heterocycles. The molecule has 0 unspecified atom stereocenters. The van der Waals surface area contributed by atoms with Crippen molar-refractivity contribution < 1.29 is 4.79 Å². The summed E-state index contributed by atoms with van der Waals surface area (Å²) in [6.07, 6.45) is 1.51. The summed E-state index contributed by atoms with van der Waals surface area (Å²) in [5.41, 5.74) is 7.20. The van der Waals surface area contributed by atoms with Crippen LogP contribution in [0.1, 0.15) is 16.1 Å². The van der Waals surface area contributed by atoms with Gasteiger partial charge in [-0.1, -0.05) is 30.3 Å². The first-order valence-corrected chi connectivity index (χ1v) is 6.13. The van der Waals surface area contributed by atoms with E-state index >= 15 is 0 Å². The Hall–Kier alpha value is -2.87. The number of anilines is 1. The molecule has 2 N–H and O–H groups in total. The number of nitrogens with two attached hydrogens (primary N) is 1. The van der Waals surface area contributed by atoms with Gasteiger partial charge in [0, 0.05) is 12.7 Å². The molecule has 0 bridgehead atoms. The summed E-state index contributed by atoms with van der Waals surface area (Å²) in [7, 11) is 0. The van der Waals surface area contributed by atoms with Crippen molar-refractivity contribution in [3.63, 3.8) is 0 Å². The van der Waals surface area contributed by atoms with E-state index in [1.54, 1.807) is 12.1 Å². The topological polar surface area (TPSA) is 83.0 Å². The van der Waals surface area contributed by atoms with Gasteiger partial charge in [-0.2, -0.15) is 5.26 Å². The number of rotatable bonds is 4. The highest BCUT2D eigenvalue weighted by molar-refractivity contribution is 5.97. The van der Waals surface area contributed by atoms with Gasteiger partial charge in [-0.15, -0.1) is 0 Å². The molecule has 5 heteroatoms. The number of nitriles is 1. The van der Waals surface area contributed by atoms with Gasteiger partial charge in [-0.25, -0.2) is 4.98 Å². The Morgan fingerprint density at radius 2 is 2.00 bits per heavy atom. The average molecular weight is 266 g/mol. The highest BCUT2D eigenvalue weighted by Crippen LogP contribution is 2.13. The monoisotopic (exact) mass is 266 g/mol. The summed E-state index contributed by atoms with van der Waals surface area (Å²) in [6.45, 7) is 0.340. The van der Waals surface area contributed by atoms with E-state index in [4.69, 9.17) is 11.0 Å². The summed E-state index contributed by atoms with van der Waals surface area (Å²) in [5, 5.41) is 8.88. The largest absolute Gasteiger partial charge is 0.397 e. The molecule has 0 saturated heterocycles. The van der Waals surface area contributed by atoms with Crippen LogP contribution in [0.25, 0.3) is 0 Å². The van der Waals surface area contributed by atoms with Crippen molar-refractivity contribution in [2.75, 3.05) is 12.3 Å². The maximum absolute atomic E-state index is 12.4. The van der Waals surface area contributed by atoms with Gasteiger partial charge in [0.25, 0.3) is 5.91 Å². The van der Waals surface area contributed by atoms with Crippen LogP contribution in [0.2, 0.25) is 0 Å². The first kappa shape index (κ1) is 13.6. The number of carbonyl (C=O) groups is 1. The molecule has 0 radical (unpaired) electrons. The lowest BCUT2D eigenvalue weighted by Crippen LogP contribution is -2.32. The molecule has 0 fully saturated rings. The van der Waals surface area contributed by atoms with Crippen molar-refractivity contribution in [2.45, 2.75) is 6.54 Å². The Bertz CT molecular complexity index is 634. The lowest BCUT2D eigenvalue weighted by Gasteiger charge is -2.19. The molecule has 2 rings (SSSR count). The molecule has 2 aromatic rings. The molecule has 0 atom stereocenters. The predicted molar refractivity (Wildman–Crippen MR) is 75.4 cm³/mol. The lowest BCUT2D eigenvalue weighted by molar-refractivity contribution is 0.0760. The molecular weight excluding hydrogens is 252 g/mol. The second-order valence-electron chi connectivity index (χ2n) is 4.25. The van der Waals surface area contributed by atoms with Crippen molar-refractivity contribution in [3.05, 3.63) is 59.9 Å². The van der Waals surface area contributed by atoms with Crippen LogP contribution in [0.5, 0.6) is 0 Å². The number of carbonyl (C=O) groups excluding carboxylic acids is 1. The average Bonchev–Trinajstić information content (AvgIpc) is 2.48. The van der Waals surface area contributed by atoms with Crippen LogP contribution in [-0.4, -0.2) is 22.3 Å². The van der Waals surface area contributed by atoms with E-state index in [-0.39, 0.29) is 18.1 Å². The molecule has 100 valence electrons. The lowest BCUT2D eigenvalue weighted by atomic mass is 10.2. The van der Waals surface area contributed by atoms with Crippen molar-refractivity contribution in [1.29, 1.82) is 5.26 Å². The van der Waals surface area contributed by atoms with Gasteiger partial charge in [-0.3, -0.25) is 4.79 Å². The molecule has 0 aliphatic heterocycles. The standard InChI is InChI=1S/C15H14N4O/c16-8-10-19(11-12-5-2-1-3-6-12)15(20)14-13(17)7-4-9-18-14/h1-7,9H,10-11,17H2. The molecule has 0 aliphatic rings. The number of aromatic nitrogens is 1. The number of nitrogens with zero attached hydrogens (tertiary/aromatic N) is 3. The molecule has 1 amide bonds. The van der Waals surface area contributed by atoms with E-state index in [1.807, 2.05) is 36.4 Å². The fourth-order valence-corrected chi connectivity index (χ4v) is 1.83. The van der Waals surface area contributed by atoms with Crippen molar-refractivity contribution in [1.82, 2.24) is 9.88 Å². The van der Waals surface area contributed by atoms with Gasteiger partial charge in [0.05, 0.1) is 11.8 Å². The van der Waals surface area contributed by atoms with Crippen molar-refractivity contribution in [3.8, 4) is 6.07 Å². The second kappa shape index (κ2) is 6.34. The van der Waals surface area contributed by atoms with Gasteiger partial charge in [0.2, 0.25) is 0 Å². The molecular formula is C15H14N4O. The number of benzene rings is 1. The minimum atomic E-state index is -0.339. The maximum Gasteiger partial charge on any atom is 0.275 e. The minimum absolute atomic E-state index is 0.0102. The Balaban J connectivity index is 2.23. The fraction of sp³-hybridized carbons (Fsp3) is 0.133. The van der Waals surface area contributed by atoms with Gasteiger partial charge < -0.3 is 10.6 Å². The van der Waals surface area contributed by atoms with E-state index in [0.29, 0.717) is 12.2 Å².